The molecule has 2 amide bonds. The molecular formula is C17H22N2O5. The van der Waals surface area contributed by atoms with Gasteiger partial charge in [0, 0.05) is 33.1 Å². The van der Waals surface area contributed by atoms with Crippen molar-refractivity contribution in [3.05, 3.63) is 35.9 Å². The van der Waals surface area contributed by atoms with Gasteiger partial charge in [-0.25, -0.2) is 4.79 Å². The highest BCUT2D eigenvalue weighted by Crippen LogP contribution is 2.09. The van der Waals surface area contributed by atoms with E-state index in [1.807, 2.05) is 30.3 Å². The number of amides is 2. The summed E-state index contributed by atoms with van der Waals surface area (Å²) in [6.45, 7) is 4.62. The molecule has 0 N–H and O–H groups in total. The molecule has 7 heteroatoms. The zero-order valence-electron chi connectivity index (χ0n) is 13.9. The molecule has 0 aliphatic carbocycles. The van der Waals surface area contributed by atoms with E-state index < -0.39 is 12.1 Å². The van der Waals surface area contributed by atoms with Crippen molar-refractivity contribution in [2.24, 2.45) is 0 Å². The number of hydrogen-bond donors (Lipinski definition) is 0. The number of hydrogen-bond acceptors (Lipinski definition) is 5. The van der Waals surface area contributed by atoms with E-state index in [1.54, 1.807) is 16.7 Å². The largest absolute Gasteiger partial charge is 0.453 e. The second kappa shape index (κ2) is 8.33. The molecule has 0 radical (unpaired) electrons. The first-order valence-electron chi connectivity index (χ1n) is 7.89. The zero-order valence-corrected chi connectivity index (χ0v) is 13.9. The molecule has 1 aliphatic rings. The van der Waals surface area contributed by atoms with Crippen molar-refractivity contribution in [1.29, 1.82) is 0 Å². The molecule has 2 rings (SSSR count). The first-order valence-corrected chi connectivity index (χ1v) is 7.89. The zero-order chi connectivity index (χ0) is 17.5. The minimum absolute atomic E-state index is 0.225. The van der Waals surface area contributed by atoms with Gasteiger partial charge in [0.1, 0.15) is 6.61 Å². The van der Waals surface area contributed by atoms with Crippen molar-refractivity contribution in [3.8, 4) is 0 Å². The topological polar surface area (TPSA) is 76.2 Å². The molecule has 0 unspecified atom stereocenters. The second-order valence-electron chi connectivity index (χ2n) is 5.60. The molecule has 24 heavy (non-hydrogen) atoms. The number of benzene rings is 1. The summed E-state index contributed by atoms with van der Waals surface area (Å²) < 4.78 is 10.2. The molecular weight excluding hydrogens is 312 g/mol. The average molecular weight is 334 g/mol. The lowest BCUT2D eigenvalue weighted by Crippen LogP contribution is -2.53. The number of esters is 1. The number of ether oxygens (including phenoxy) is 2. The maximum absolute atomic E-state index is 12.1. The maximum atomic E-state index is 12.1. The fraction of sp³-hybridized carbons (Fsp3) is 0.471. The minimum atomic E-state index is -0.806. The van der Waals surface area contributed by atoms with Gasteiger partial charge in [-0.3, -0.25) is 9.59 Å². The molecule has 1 atom stereocenters. The normalized spacial score (nSPS) is 15.6. The number of nitrogens with zero attached hydrogens (tertiary/aromatic N) is 2. The Morgan fingerprint density at radius 3 is 2.21 bits per heavy atom. The Bertz CT molecular complexity index is 582. The van der Waals surface area contributed by atoms with Gasteiger partial charge in [-0.05, 0) is 12.5 Å². The third-order valence-corrected chi connectivity index (χ3v) is 3.75. The van der Waals surface area contributed by atoms with Gasteiger partial charge in [0.15, 0.2) is 6.10 Å². The van der Waals surface area contributed by atoms with Crippen LogP contribution in [0.1, 0.15) is 19.4 Å². The summed E-state index contributed by atoms with van der Waals surface area (Å²) in [6.07, 6.45) is -1.20. The van der Waals surface area contributed by atoms with Crippen molar-refractivity contribution in [3.63, 3.8) is 0 Å². The van der Waals surface area contributed by atoms with Crippen LogP contribution in [0.2, 0.25) is 0 Å². The van der Waals surface area contributed by atoms with E-state index in [2.05, 4.69) is 0 Å². The molecule has 1 fully saturated rings. The Hall–Kier alpha value is -2.57. The fourth-order valence-corrected chi connectivity index (χ4v) is 2.48. The minimum Gasteiger partial charge on any atom is -0.453 e. The van der Waals surface area contributed by atoms with Crippen LogP contribution >= 0.6 is 0 Å². The monoisotopic (exact) mass is 334 g/mol. The maximum Gasteiger partial charge on any atom is 0.410 e. The number of carbonyl (C=O) groups excluding carboxylic acids is 3. The van der Waals surface area contributed by atoms with E-state index in [0.29, 0.717) is 26.2 Å². The third kappa shape index (κ3) is 4.97. The quantitative estimate of drug-likeness (QED) is 0.779. The lowest BCUT2D eigenvalue weighted by atomic mass is 10.2. The Labute approximate surface area is 141 Å². The summed E-state index contributed by atoms with van der Waals surface area (Å²) in [5.41, 5.74) is 0.926. The molecule has 1 aliphatic heterocycles. The molecule has 7 nitrogen and oxygen atoms in total. The Morgan fingerprint density at radius 2 is 1.62 bits per heavy atom. The highest BCUT2D eigenvalue weighted by molar-refractivity contribution is 5.83. The van der Waals surface area contributed by atoms with Crippen LogP contribution in [0.15, 0.2) is 30.3 Å². The lowest BCUT2D eigenvalue weighted by Gasteiger charge is -2.35. The number of carbonyl (C=O) groups is 3. The average Bonchev–Trinajstić information content (AvgIpc) is 2.59. The van der Waals surface area contributed by atoms with E-state index >= 15 is 0 Å². The van der Waals surface area contributed by atoms with E-state index in [9.17, 15) is 14.4 Å². The van der Waals surface area contributed by atoms with Gasteiger partial charge in [-0.2, -0.15) is 0 Å². The van der Waals surface area contributed by atoms with Crippen molar-refractivity contribution in [1.82, 2.24) is 9.80 Å². The number of rotatable bonds is 4. The van der Waals surface area contributed by atoms with Gasteiger partial charge in [-0.15, -0.1) is 0 Å². The summed E-state index contributed by atoms with van der Waals surface area (Å²) in [6, 6.07) is 9.45. The van der Waals surface area contributed by atoms with Crippen LogP contribution in [0.3, 0.4) is 0 Å². The molecule has 0 aromatic heterocycles. The first-order chi connectivity index (χ1) is 11.5. The summed E-state index contributed by atoms with van der Waals surface area (Å²) in [5.74, 6) is -0.735. The molecule has 1 saturated heterocycles. The van der Waals surface area contributed by atoms with Crippen LogP contribution in [-0.2, 0) is 25.7 Å². The molecule has 1 aromatic rings. The van der Waals surface area contributed by atoms with Gasteiger partial charge >= 0.3 is 12.1 Å². The molecule has 1 heterocycles. The Morgan fingerprint density at radius 1 is 1.04 bits per heavy atom. The molecule has 0 spiro atoms. The van der Waals surface area contributed by atoms with Crippen molar-refractivity contribution in [2.45, 2.75) is 26.6 Å². The van der Waals surface area contributed by atoms with E-state index in [4.69, 9.17) is 9.47 Å². The predicted molar refractivity (Wildman–Crippen MR) is 86.0 cm³/mol. The van der Waals surface area contributed by atoms with Gasteiger partial charge < -0.3 is 19.3 Å². The van der Waals surface area contributed by atoms with Gasteiger partial charge in [0.25, 0.3) is 5.91 Å². The standard InChI is InChI=1S/C17H22N2O5/c1-13(24-14(2)20)16(21)18-8-10-19(11-9-18)17(22)23-12-15-6-4-3-5-7-15/h3-7,13H,8-12H2,1-2H3/t13-/m0/s1. The first kappa shape index (κ1) is 17.8. The smallest absolute Gasteiger partial charge is 0.410 e. The van der Waals surface area contributed by atoms with E-state index in [1.165, 1.54) is 6.92 Å². The van der Waals surface area contributed by atoms with Crippen LogP contribution in [0.4, 0.5) is 4.79 Å². The van der Waals surface area contributed by atoms with Crippen molar-refractivity contribution in [2.75, 3.05) is 26.2 Å². The summed E-state index contributed by atoms with van der Waals surface area (Å²) in [7, 11) is 0. The highest BCUT2D eigenvalue weighted by Gasteiger charge is 2.28. The van der Waals surface area contributed by atoms with E-state index in [-0.39, 0.29) is 18.6 Å². The second-order valence-corrected chi connectivity index (χ2v) is 5.60. The number of piperazine rings is 1. The van der Waals surface area contributed by atoms with Crippen LogP contribution < -0.4 is 0 Å². The predicted octanol–water partition coefficient (Wildman–Crippen LogP) is 1.42. The van der Waals surface area contributed by atoms with Gasteiger partial charge in [0.05, 0.1) is 0 Å². The summed E-state index contributed by atoms with van der Waals surface area (Å²) >= 11 is 0. The van der Waals surface area contributed by atoms with Gasteiger partial charge in [0.2, 0.25) is 0 Å². The van der Waals surface area contributed by atoms with E-state index in [0.717, 1.165) is 5.56 Å². The molecule has 0 saturated carbocycles. The third-order valence-electron chi connectivity index (χ3n) is 3.75. The molecule has 0 bridgehead atoms. The van der Waals surface area contributed by atoms with Gasteiger partial charge in [-0.1, -0.05) is 30.3 Å². The summed E-state index contributed by atoms with van der Waals surface area (Å²) in [4.78, 5) is 38.3. The van der Waals surface area contributed by atoms with Crippen LogP contribution in [0.25, 0.3) is 0 Å². The van der Waals surface area contributed by atoms with Crippen LogP contribution in [-0.4, -0.2) is 60.1 Å². The fourth-order valence-electron chi connectivity index (χ4n) is 2.48. The molecule has 1 aromatic carbocycles. The van der Waals surface area contributed by atoms with Crippen molar-refractivity contribution >= 4 is 18.0 Å². The Kier molecular flexibility index (Phi) is 6.17. The summed E-state index contributed by atoms with van der Waals surface area (Å²) in [5, 5.41) is 0. The van der Waals surface area contributed by atoms with Crippen LogP contribution in [0.5, 0.6) is 0 Å². The SMILES string of the molecule is CC(=O)O[C@@H](C)C(=O)N1CCN(C(=O)OCc2ccccc2)CC1. The molecule has 130 valence electrons. The van der Waals surface area contributed by atoms with Crippen molar-refractivity contribution < 1.29 is 23.9 Å². The highest BCUT2D eigenvalue weighted by atomic mass is 16.6. The van der Waals surface area contributed by atoms with Crippen LogP contribution in [0, 0.1) is 0 Å². The lowest BCUT2D eigenvalue weighted by molar-refractivity contribution is -0.158. The Balaban J connectivity index is 1.76.